The number of amides is 1. The molecule has 0 aromatic carbocycles. The van der Waals surface area contributed by atoms with E-state index >= 15 is 0 Å². The van der Waals surface area contributed by atoms with Gasteiger partial charge < -0.3 is 20.5 Å². The maximum Gasteiger partial charge on any atom is 0.305 e. The molecule has 0 radical (unpaired) electrons. The van der Waals surface area contributed by atoms with Crippen molar-refractivity contribution in [1.29, 1.82) is 0 Å². The van der Waals surface area contributed by atoms with E-state index in [4.69, 9.17) is 15.6 Å². The number of fused-ring (bicyclic) bond motifs is 1. The van der Waals surface area contributed by atoms with Crippen molar-refractivity contribution in [2.45, 2.75) is 58.2 Å². The van der Waals surface area contributed by atoms with Crippen molar-refractivity contribution >= 4 is 11.9 Å². The standard InChI is InChI=1S/C15H26N2O4/c1-5-17(9(2)8-11(18)19)13(20)15(16)10-6-7-21-12(10)14(15,3)4/h9-10,12H,5-8,16H2,1-4H3,(H,18,19). The van der Waals surface area contributed by atoms with E-state index in [1.165, 1.54) is 0 Å². The molecule has 1 aliphatic heterocycles. The Bertz CT molecular complexity index is 451. The number of likely N-dealkylation sites (N-methyl/N-ethyl adjacent to an activating group) is 1. The molecule has 2 rings (SSSR count). The maximum absolute atomic E-state index is 13.0. The second-order valence-corrected chi connectivity index (χ2v) is 6.82. The number of rotatable bonds is 5. The van der Waals surface area contributed by atoms with Crippen LogP contribution in [0.15, 0.2) is 0 Å². The Morgan fingerprint density at radius 1 is 1.48 bits per heavy atom. The van der Waals surface area contributed by atoms with Crippen LogP contribution in [0.1, 0.15) is 40.5 Å². The van der Waals surface area contributed by atoms with Gasteiger partial charge in [0.05, 0.1) is 12.5 Å². The Morgan fingerprint density at radius 2 is 2.10 bits per heavy atom. The van der Waals surface area contributed by atoms with Gasteiger partial charge in [-0.15, -0.1) is 0 Å². The van der Waals surface area contributed by atoms with Crippen LogP contribution in [0.25, 0.3) is 0 Å². The fourth-order valence-corrected chi connectivity index (χ4v) is 4.07. The van der Waals surface area contributed by atoms with Crippen LogP contribution < -0.4 is 5.73 Å². The number of carbonyl (C=O) groups is 2. The fourth-order valence-electron chi connectivity index (χ4n) is 4.07. The SMILES string of the molecule is CCN(C(=O)C1(N)C2CCOC2C1(C)C)C(C)CC(=O)O. The molecule has 0 aromatic rings. The summed E-state index contributed by atoms with van der Waals surface area (Å²) in [5.41, 5.74) is 5.15. The Kier molecular flexibility index (Phi) is 4.06. The minimum absolute atomic E-state index is 0.0277. The highest BCUT2D eigenvalue weighted by atomic mass is 16.5. The summed E-state index contributed by atoms with van der Waals surface area (Å²) in [6.45, 7) is 8.64. The van der Waals surface area contributed by atoms with E-state index < -0.39 is 16.9 Å². The van der Waals surface area contributed by atoms with Crippen LogP contribution in [-0.4, -0.2) is 52.7 Å². The number of carboxylic acid groups (broad SMARTS) is 1. The Labute approximate surface area is 125 Å². The normalized spacial score (nSPS) is 34.7. The molecule has 6 nitrogen and oxygen atoms in total. The monoisotopic (exact) mass is 298 g/mol. The quantitative estimate of drug-likeness (QED) is 0.784. The van der Waals surface area contributed by atoms with Gasteiger partial charge in [0.2, 0.25) is 5.91 Å². The molecular weight excluding hydrogens is 272 g/mol. The van der Waals surface area contributed by atoms with E-state index in [1.807, 2.05) is 20.8 Å². The molecule has 1 aliphatic carbocycles. The zero-order chi connectivity index (χ0) is 16.0. The highest BCUT2D eigenvalue weighted by Gasteiger charge is 2.72. The van der Waals surface area contributed by atoms with Crippen molar-refractivity contribution < 1.29 is 19.4 Å². The van der Waals surface area contributed by atoms with Gasteiger partial charge >= 0.3 is 5.97 Å². The van der Waals surface area contributed by atoms with E-state index in [2.05, 4.69) is 0 Å². The first-order valence-corrected chi connectivity index (χ1v) is 7.61. The number of aliphatic carboxylic acids is 1. The minimum Gasteiger partial charge on any atom is -0.481 e. The summed E-state index contributed by atoms with van der Waals surface area (Å²) in [6, 6.07) is -0.363. The van der Waals surface area contributed by atoms with Crippen molar-refractivity contribution in [3.8, 4) is 0 Å². The van der Waals surface area contributed by atoms with Gasteiger partial charge in [-0.05, 0) is 20.3 Å². The third kappa shape index (κ3) is 2.16. The molecule has 0 spiro atoms. The van der Waals surface area contributed by atoms with Crippen molar-refractivity contribution in [1.82, 2.24) is 4.90 Å². The Morgan fingerprint density at radius 3 is 2.62 bits per heavy atom. The molecule has 3 N–H and O–H groups in total. The van der Waals surface area contributed by atoms with Crippen molar-refractivity contribution in [3.63, 3.8) is 0 Å². The largest absolute Gasteiger partial charge is 0.481 e. The number of hydrogen-bond donors (Lipinski definition) is 2. The Balaban J connectivity index is 2.23. The summed E-state index contributed by atoms with van der Waals surface area (Å²) < 4.78 is 5.71. The molecule has 0 aromatic heterocycles. The number of nitrogens with two attached hydrogens (primary N) is 1. The zero-order valence-electron chi connectivity index (χ0n) is 13.3. The molecular formula is C15H26N2O4. The molecule has 21 heavy (non-hydrogen) atoms. The first-order valence-electron chi connectivity index (χ1n) is 7.61. The van der Waals surface area contributed by atoms with Crippen molar-refractivity contribution in [2.75, 3.05) is 13.2 Å². The third-order valence-electron chi connectivity index (χ3n) is 5.41. The predicted molar refractivity (Wildman–Crippen MR) is 77.6 cm³/mol. The van der Waals surface area contributed by atoms with Crippen LogP contribution in [0, 0.1) is 11.3 Å². The molecule has 120 valence electrons. The molecule has 4 unspecified atom stereocenters. The lowest BCUT2D eigenvalue weighted by Crippen LogP contribution is -2.80. The average molecular weight is 298 g/mol. The highest BCUT2D eigenvalue weighted by Crippen LogP contribution is 2.58. The fraction of sp³-hybridized carbons (Fsp3) is 0.867. The van der Waals surface area contributed by atoms with Gasteiger partial charge in [-0.25, -0.2) is 0 Å². The smallest absolute Gasteiger partial charge is 0.305 e. The van der Waals surface area contributed by atoms with Gasteiger partial charge in [0.25, 0.3) is 0 Å². The molecule has 1 saturated heterocycles. The summed E-state index contributed by atoms with van der Waals surface area (Å²) in [5.74, 6) is -1.02. The lowest BCUT2D eigenvalue weighted by atomic mass is 9.47. The lowest BCUT2D eigenvalue weighted by molar-refractivity contribution is -0.186. The first-order chi connectivity index (χ1) is 9.67. The van der Waals surface area contributed by atoms with Gasteiger partial charge in [0.15, 0.2) is 0 Å². The van der Waals surface area contributed by atoms with Crippen LogP contribution in [-0.2, 0) is 14.3 Å². The van der Waals surface area contributed by atoms with Crippen molar-refractivity contribution in [2.24, 2.45) is 17.1 Å². The number of nitrogens with zero attached hydrogens (tertiary/aromatic N) is 1. The van der Waals surface area contributed by atoms with Gasteiger partial charge in [-0.1, -0.05) is 13.8 Å². The topological polar surface area (TPSA) is 92.9 Å². The molecule has 1 saturated carbocycles. The lowest BCUT2D eigenvalue weighted by Gasteiger charge is -2.62. The average Bonchev–Trinajstić information content (AvgIpc) is 2.85. The highest BCUT2D eigenvalue weighted by molar-refractivity contribution is 5.90. The zero-order valence-corrected chi connectivity index (χ0v) is 13.3. The van der Waals surface area contributed by atoms with Crippen LogP contribution in [0.3, 0.4) is 0 Å². The molecule has 2 fully saturated rings. The second-order valence-electron chi connectivity index (χ2n) is 6.82. The molecule has 0 bridgehead atoms. The third-order valence-corrected chi connectivity index (χ3v) is 5.41. The van der Waals surface area contributed by atoms with Gasteiger partial charge in [0, 0.05) is 30.5 Å². The van der Waals surface area contributed by atoms with Gasteiger partial charge in [-0.3, -0.25) is 9.59 Å². The van der Waals surface area contributed by atoms with Crippen LogP contribution in [0.4, 0.5) is 0 Å². The minimum atomic E-state index is -0.961. The van der Waals surface area contributed by atoms with Crippen LogP contribution in [0.2, 0.25) is 0 Å². The predicted octanol–water partition coefficient (Wildman–Crippen LogP) is 0.841. The molecule has 6 heteroatoms. The number of ether oxygens (including phenoxy) is 1. The summed E-state index contributed by atoms with van der Waals surface area (Å²) >= 11 is 0. The molecule has 1 heterocycles. The summed E-state index contributed by atoms with van der Waals surface area (Å²) in [6.07, 6.45) is 0.752. The van der Waals surface area contributed by atoms with E-state index in [9.17, 15) is 9.59 Å². The van der Waals surface area contributed by atoms with Crippen LogP contribution in [0.5, 0.6) is 0 Å². The van der Waals surface area contributed by atoms with E-state index in [0.717, 1.165) is 6.42 Å². The molecule has 1 amide bonds. The summed E-state index contributed by atoms with van der Waals surface area (Å²) in [7, 11) is 0. The van der Waals surface area contributed by atoms with E-state index in [1.54, 1.807) is 11.8 Å². The Hall–Kier alpha value is -1.14. The van der Waals surface area contributed by atoms with Gasteiger partial charge in [0.1, 0.15) is 5.54 Å². The van der Waals surface area contributed by atoms with Gasteiger partial charge in [-0.2, -0.15) is 0 Å². The van der Waals surface area contributed by atoms with E-state index in [-0.39, 0.29) is 30.4 Å². The van der Waals surface area contributed by atoms with E-state index in [0.29, 0.717) is 13.2 Å². The maximum atomic E-state index is 13.0. The van der Waals surface area contributed by atoms with Crippen molar-refractivity contribution in [3.05, 3.63) is 0 Å². The number of hydrogen-bond acceptors (Lipinski definition) is 4. The molecule has 2 aliphatic rings. The summed E-state index contributed by atoms with van der Waals surface area (Å²) in [4.78, 5) is 25.5. The summed E-state index contributed by atoms with van der Waals surface area (Å²) in [5, 5.41) is 8.95. The number of carboxylic acids is 1. The first kappa shape index (κ1) is 16.2. The number of carbonyl (C=O) groups excluding carboxylic acids is 1. The van der Waals surface area contributed by atoms with Crippen LogP contribution >= 0.6 is 0 Å². The molecule has 4 atom stereocenters. The second kappa shape index (κ2) is 5.25.